The summed E-state index contributed by atoms with van der Waals surface area (Å²) < 4.78 is 2.68. The third-order valence-electron chi connectivity index (χ3n) is 8.87. The second kappa shape index (κ2) is 9.66. The Balaban J connectivity index is 1.25. The molecule has 0 amide bonds. The maximum absolute atomic E-state index is 2.35. The topological polar surface area (TPSA) is 0 Å². The Morgan fingerprint density at radius 3 is 1.53 bits per heavy atom. The average Bonchev–Trinajstić information content (AvgIpc) is 3.45. The molecule has 0 N–H and O–H groups in total. The summed E-state index contributed by atoms with van der Waals surface area (Å²) in [7, 11) is 0. The maximum atomic E-state index is 2.35. The van der Waals surface area contributed by atoms with E-state index in [0.717, 1.165) is 0 Å². The summed E-state index contributed by atoms with van der Waals surface area (Å²) in [5.41, 5.74) is 7.61. The van der Waals surface area contributed by atoms with Crippen molar-refractivity contribution in [1.29, 1.82) is 0 Å². The molecule has 0 spiro atoms. The van der Waals surface area contributed by atoms with Gasteiger partial charge in [-0.05, 0) is 83.9 Å². The SMILES string of the molecule is c1ccc2c(-c3c4ccccc4c(-c4ccc(-c5ccc6sc7ccccc7c6c5)cc4)c4ccccc34)cccc2c1. The number of benzene rings is 8. The molecular formula is C42H26S. The zero-order valence-electron chi connectivity index (χ0n) is 23.4. The molecular weight excluding hydrogens is 537 g/mol. The lowest BCUT2D eigenvalue weighted by Gasteiger charge is -2.19. The number of hydrogen-bond donors (Lipinski definition) is 0. The van der Waals surface area contributed by atoms with Gasteiger partial charge in [0.25, 0.3) is 0 Å². The van der Waals surface area contributed by atoms with Crippen molar-refractivity contribution in [2.24, 2.45) is 0 Å². The van der Waals surface area contributed by atoms with Crippen molar-refractivity contribution in [3.63, 3.8) is 0 Å². The van der Waals surface area contributed by atoms with Crippen LogP contribution >= 0.6 is 11.3 Å². The molecule has 43 heavy (non-hydrogen) atoms. The van der Waals surface area contributed by atoms with Crippen LogP contribution in [-0.2, 0) is 0 Å². The average molecular weight is 563 g/mol. The van der Waals surface area contributed by atoms with E-state index in [2.05, 4.69) is 158 Å². The quantitative estimate of drug-likeness (QED) is 0.188. The Bertz CT molecular complexity index is 2430. The fourth-order valence-corrected chi connectivity index (χ4v) is 7.99. The Labute approximate surface area is 254 Å². The molecule has 0 nitrogen and oxygen atoms in total. The third-order valence-corrected chi connectivity index (χ3v) is 10.0. The molecule has 0 aliphatic heterocycles. The van der Waals surface area contributed by atoms with Gasteiger partial charge in [-0.15, -0.1) is 11.3 Å². The van der Waals surface area contributed by atoms with Crippen molar-refractivity contribution in [2.45, 2.75) is 0 Å². The summed E-state index contributed by atoms with van der Waals surface area (Å²) in [6, 6.07) is 58.0. The van der Waals surface area contributed by atoms with E-state index >= 15 is 0 Å². The van der Waals surface area contributed by atoms with Gasteiger partial charge in [0.1, 0.15) is 0 Å². The van der Waals surface area contributed by atoms with Crippen LogP contribution in [0.3, 0.4) is 0 Å². The zero-order valence-corrected chi connectivity index (χ0v) is 24.2. The molecule has 200 valence electrons. The Hall–Kier alpha value is -5.24. The maximum Gasteiger partial charge on any atom is 0.0355 e. The first-order valence-corrected chi connectivity index (χ1v) is 15.6. The van der Waals surface area contributed by atoms with Gasteiger partial charge in [-0.25, -0.2) is 0 Å². The first kappa shape index (κ1) is 24.4. The van der Waals surface area contributed by atoms with Crippen LogP contribution in [0.5, 0.6) is 0 Å². The Morgan fingerprint density at radius 1 is 0.302 bits per heavy atom. The van der Waals surface area contributed by atoms with E-state index in [0.29, 0.717) is 0 Å². The van der Waals surface area contributed by atoms with Gasteiger partial charge in [-0.3, -0.25) is 0 Å². The van der Waals surface area contributed by atoms with Crippen LogP contribution in [0.15, 0.2) is 158 Å². The normalized spacial score (nSPS) is 11.7. The highest BCUT2D eigenvalue weighted by Gasteiger charge is 2.18. The van der Waals surface area contributed by atoms with Gasteiger partial charge >= 0.3 is 0 Å². The molecule has 1 heteroatoms. The number of hydrogen-bond acceptors (Lipinski definition) is 1. The van der Waals surface area contributed by atoms with Crippen molar-refractivity contribution in [1.82, 2.24) is 0 Å². The molecule has 0 fully saturated rings. The van der Waals surface area contributed by atoms with Crippen molar-refractivity contribution < 1.29 is 0 Å². The second-order valence-electron chi connectivity index (χ2n) is 11.3. The first-order valence-electron chi connectivity index (χ1n) is 14.8. The smallest absolute Gasteiger partial charge is 0.0355 e. The van der Waals surface area contributed by atoms with Gasteiger partial charge < -0.3 is 0 Å². The Morgan fingerprint density at radius 2 is 0.814 bits per heavy atom. The molecule has 0 aliphatic rings. The van der Waals surface area contributed by atoms with Crippen molar-refractivity contribution >= 4 is 63.8 Å². The minimum Gasteiger partial charge on any atom is -0.135 e. The molecule has 0 atom stereocenters. The van der Waals surface area contributed by atoms with Crippen molar-refractivity contribution in [3.8, 4) is 33.4 Å². The van der Waals surface area contributed by atoms with E-state index in [9.17, 15) is 0 Å². The van der Waals surface area contributed by atoms with Gasteiger partial charge in [0.05, 0.1) is 0 Å². The van der Waals surface area contributed by atoms with E-state index in [1.54, 1.807) is 0 Å². The van der Waals surface area contributed by atoms with Gasteiger partial charge in [-0.2, -0.15) is 0 Å². The highest BCUT2D eigenvalue weighted by molar-refractivity contribution is 7.25. The van der Waals surface area contributed by atoms with E-state index in [-0.39, 0.29) is 0 Å². The fraction of sp³-hybridized carbons (Fsp3) is 0. The predicted molar refractivity (Wildman–Crippen MR) is 188 cm³/mol. The first-order chi connectivity index (χ1) is 21.3. The minimum atomic E-state index is 1.24. The van der Waals surface area contributed by atoms with Crippen LogP contribution in [0, 0.1) is 0 Å². The molecule has 9 rings (SSSR count). The summed E-state index contributed by atoms with van der Waals surface area (Å²) in [4.78, 5) is 0. The standard InChI is InChI=1S/C42H26S/c1-2-12-31-28(10-1)11-9-18-33(31)42-36-16-5-3-14-34(36)41(35-15-4-6-17-37(35)42)29-22-20-27(21-23-29)30-24-25-40-38(26-30)32-13-7-8-19-39(32)43-40/h1-26H. The second-order valence-corrected chi connectivity index (χ2v) is 12.3. The van der Waals surface area contributed by atoms with Crippen LogP contribution in [0.2, 0.25) is 0 Å². The van der Waals surface area contributed by atoms with Crippen LogP contribution in [0.25, 0.3) is 85.9 Å². The van der Waals surface area contributed by atoms with E-state index in [1.165, 1.54) is 85.9 Å². The predicted octanol–water partition coefficient (Wildman–Crippen LogP) is 12.5. The summed E-state index contributed by atoms with van der Waals surface area (Å²) in [5.74, 6) is 0. The Kier molecular flexibility index (Phi) is 5.47. The number of fused-ring (bicyclic) bond motifs is 6. The highest BCUT2D eigenvalue weighted by atomic mass is 32.1. The zero-order chi connectivity index (χ0) is 28.3. The van der Waals surface area contributed by atoms with Crippen molar-refractivity contribution in [3.05, 3.63) is 158 Å². The number of thiophene rings is 1. The van der Waals surface area contributed by atoms with Gasteiger partial charge in [0.2, 0.25) is 0 Å². The highest BCUT2D eigenvalue weighted by Crippen LogP contribution is 2.45. The van der Waals surface area contributed by atoms with Gasteiger partial charge in [0, 0.05) is 20.2 Å². The molecule has 8 aromatic carbocycles. The summed E-state index contributed by atoms with van der Waals surface area (Å²) in [6.45, 7) is 0. The molecule has 0 unspecified atom stereocenters. The van der Waals surface area contributed by atoms with Crippen molar-refractivity contribution in [2.75, 3.05) is 0 Å². The van der Waals surface area contributed by atoms with Crippen LogP contribution in [0.1, 0.15) is 0 Å². The molecule has 1 heterocycles. The lowest BCUT2D eigenvalue weighted by molar-refractivity contribution is 1.64. The molecule has 9 aromatic rings. The molecule has 0 saturated carbocycles. The van der Waals surface area contributed by atoms with Crippen LogP contribution < -0.4 is 0 Å². The number of rotatable bonds is 3. The molecule has 0 aliphatic carbocycles. The molecule has 0 bridgehead atoms. The van der Waals surface area contributed by atoms with Gasteiger partial charge in [-0.1, -0.05) is 140 Å². The lowest BCUT2D eigenvalue weighted by Crippen LogP contribution is -1.91. The van der Waals surface area contributed by atoms with Crippen LogP contribution in [-0.4, -0.2) is 0 Å². The van der Waals surface area contributed by atoms with Crippen LogP contribution in [0.4, 0.5) is 0 Å². The summed E-state index contributed by atoms with van der Waals surface area (Å²) >= 11 is 1.87. The van der Waals surface area contributed by atoms with E-state index < -0.39 is 0 Å². The molecule has 0 radical (unpaired) electrons. The molecule has 0 saturated heterocycles. The minimum absolute atomic E-state index is 1.24. The molecule has 1 aromatic heterocycles. The largest absolute Gasteiger partial charge is 0.135 e. The monoisotopic (exact) mass is 562 g/mol. The summed E-state index contributed by atoms with van der Waals surface area (Å²) in [6.07, 6.45) is 0. The summed E-state index contributed by atoms with van der Waals surface area (Å²) in [5, 5.41) is 10.4. The van der Waals surface area contributed by atoms with Gasteiger partial charge in [0.15, 0.2) is 0 Å². The third kappa shape index (κ3) is 3.82. The van der Waals surface area contributed by atoms with E-state index in [1.807, 2.05) is 11.3 Å². The van der Waals surface area contributed by atoms with E-state index in [4.69, 9.17) is 0 Å². The lowest BCUT2D eigenvalue weighted by atomic mass is 9.84. The fourth-order valence-electron chi connectivity index (χ4n) is 6.91.